The van der Waals surface area contributed by atoms with Crippen LogP contribution in [0.25, 0.3) is 0 Å². The smallest absolute Gasteiger partial charge is 0.214 e. The van der Waals surface area contributed by atoms with E-state index < -0.39 is 15.8 Å². The standard InChI is InChI=1S/C16H17F2NO2S2/c17-15-7-5-13(6-8-15)12-23(20,21)19-9-10-22-11-14-3-1-2-4-16(14)18/h1-8,19H,9-12H2. The Bertz CT molecular complexity index is 734. The van der Waals surface area contributed by atoms with Crippen molar-refractivity contribution in [3.05, 3.63) is 71.3 Å². The summed E-state index contributed by atoms with van der Waals surface area (Å²) in [6.07, 6.45) is 0. The van der Waals surface area contributed by atoms with Gasteiger partial charge in [-0.25, -0.2) is 21.9 Å². The normalized spacial score (nSPS) is 11.6. The molecule has 0 saturated carbocycles. The van der Waals surface area contributed by atoms with E-state index in [9.17, 15) is 17.2 Å². The van der Waals surface area contributed by atoms with Crippen LogP contribution in [0.15, 0.2) is 48.5 Å². The molecule has 0 aliphatic rings. The summed E-state index contributed by atoms with van der Waals surface area (Å²) < 4.78 is 52.5. The Morgan fingerprint density at radius 2 is 1.70 bits per heavy atom. The zero-order chi connectivity index (χ0) is 16.7. The summed E-state index contributed by atoms with van der Waals surface area (Å²) in [4.78, 5) is 0. The van der Waals surface area contributed by atoms with Gasteiger partial charge in [-0.3, -0.25) is 0 Å². The predicted molar refractivity (Wildman–Crippen MR) is 89.6 cm³/mol. The second-order valence-corrected chi connectivity index (χ2v) is 7.84. The molecule has 2 rings (SSSR count). The van der Waals surface area contributed by atoms with E-state index in [0.717, 1.165) is 0 Å². The van der Waals surface area contributed by atoms with Gasteiger partial charge >= 0.3 is 0 Å². The van der Waals surface area contributed by atoms with Crippen LogP contribution in [0.2, 0.25) is 0 Å². The van der Waals surface area contributed by atoms with Gasteiger partial charge in [0.2, 0.25) is 10.0 Å². The Hall–Kier alpha value is -1.44. The van der Waals surface area contributed by atoms with E-state index in [1.54, 1.807) is 18.2 Å². The first-order valence-corrected chi connectivity index (χ1v) is 9.80. The number of nitrogens with one attached hydrogen (secondary N) is 1. The van der Waals surface area contributed by atoms with Crippen LogP contribution in [0.3, 0.4) is 0 Å². The quantitative estimate of drug-likeness (QED) is 0.737. The largest absolute Gasteiger partial charge is 0.215 e. The number of sulfonamides is 1. The van der Waals surface area contributed by atoms with Crippen molar-refractivity contribution >= 4 is 21.8 Å². The van der Waals surface area contributed by atoms with Crippen molar-refractivity contribution in [3.63, 3.8) is 0 Å². The Morgan fingerprint density at radius 3 is 2.39 bits per heavy atom. The highest BCUT2D eigenvalue weighted by Crippen LogP contribution is 2.15. The molecule has 124 valence electrons. The zero-order valence-electron chi connectivity index (χ0n) is 12.3. The molecule has 2 aromatic rings. The third-order valence-electron chi connectivity index (χ3n) is 3.05. The van der Waals surface area contributed by atoms with Gasteiger partial charge in [0.05, 0.1) is 5.75 Å². The molecule has 0 aliphatic heterocycles. The number of halogens is 2. The van der Waals surface area contributed by atoms with Crippen molar-refractivity contribution in [2.75, 3.05) is 12.3 Å². The van der Waals surface area contributed by atoms with E-state index in [-0.39, 0.29) is 18.1 Å². The highest BCUT2D eigenvalue weighted by atomic mass is 32.2. The van der Waals surface area contributed by atoms with Gasteiger partial charge in [0.1, 0.15) is 11.6 Å². The fourth-order valence-electron chi connectivity index (χ4n) is 1.92. The Morgan fingerprint density at radius 1 is 1.00 bits per heavy atom. The number of hydrogen-bond donors (Lipinski definition) is 1. The molecule has 0 aliphatic carbocycles. The van der Waals surface area contributed by atoms with Crippen molar-refractivity contribution < 1.29 is 17.2 Å². The first kappa shape index (κ1) is 17.9. The van der Waals surface area contributed by atoms with Crippen LogP contribution in [0.4, 0.5) is 8.78 Å². The van der Waals surface area contributed by atoms with Crippen LogP contribution in [0, 0.1) is 11.6 Å². The zero-order valence-corrected chi connectivity index (χ0v) is 14.0. The average Bonchev–Trinajstić information content (AvgIpc) is 2.51. The van der Waals surface area contributed by atoms with Crippen LogP contribution in [0.5, 0.6) is 0 Å². The van der Waals surface area contributed by atoms with Crippen LogP contribution in [0.1, 0.15) is 11.1 Å². The van der Waals surface area contributed by atoms with Gasteiger partial charge in [0.25, 0.3) is 0 Å². The van der Waals surface area contributed by atoms with E-state index in [4.69, 9.17) is 0 Å². The summed E-state index contributed by atoms with van der Waals surface area (Å²) in [5, 5.41) is 0. The molecule has 23 heavy (non-hydrogen) atoms. The summed E-state index contributed by atoms with van der Waals surface area (Å²) >= 11 is 1.45. The van der Waals surface area contributed by atoms with Crippen molar-refractivity contribution in [1.82, 2.24) is 4.72 Å². The monoisotopic (exact) mass is 357 g/mol. The molecule has 0 amide bonds. The molecule has 7 heteroatoms. The second kappa shape index (κ2) is 8.42. The minimum atomic E-state index is -3.46. The fourth-order valence-corrected chi connectivity index (χ4v) is 4.04. The lowest BCUT2D eigenvalue weighted by Crippen LogP contribution is -2.27. The van der Waals surface area contributed by atoms with Crippen molar-refractivity contribution in [3.8, 4) is 0 Å². The number of benzene rings is 2. The molecule has 0 radical (unpaired) electrons. The molecule has 0 unspecified atom stereocenters. The third kappa shape index (κ3) is 6.29. The van der Waals surface area contributed by atoms with Gasteiger partial charge in [0.15, 0.2) is 0 Å². The summed E-state index contributed by atoms with van der Waals surface area (Å²) in [6, 6.07) is 11.9. The molecule has 3 nitrogen and oxygen atoms in total. The van der Waals surface area contributed by atoms with E-state index in [0.29, 0.717) is 22.6 Å². The Kier molecular flexibility index (Phi) is 6.56. The highest BCUT2D eigenvalue weighted by molar-refractivity contribution is 7.98. The molecule has 0 spiro atoms. The second-order valence-electron chi connectivity index (χ2n) is 4.92. The molecular formula is C16H17F2NO2S2. The van der Waals surface area contributed by atoms with E-state index >= 15 is 0 Å². The molecule has 1 N–H and O–H groups in total. The summed E-state index contributed by atoms with van der Waals surface area (Å²) in [6.45, 7) is 0.267. The fraction of sp³-hybridized carbons (Fsp3) is 0.250. The first-order valence-electron chi connectivity index (χ1n) is 6.99. The van der Waals surface area contributed by atoms with Gasteiger partial charge < -0.3 is 0 Å². The maximum atomic E-state index is 13.4. The predicted octanol–water partition coefficient (Wildman–Crippen LogP) is 3.32. The number of rotatable bonds is 8. The topological polar surface area (TPSA) is 46.2 Å². The lowest BCUT2D eigenvalue weighted by molar-refractivity contribution is 0.583. The molecule has 0 fully saturated rings. The summed E-state index contributed by atoms with van der Waals surface area (Å²) in [7, 11) is -3.46. The lowest BCUT2D eigenvalue weighted by atomic mass is 10.2. The van der Waals surface area contributed by atoms with Crippen LogP contribution in [-0.2, 0) is 21.5 Å². The van der Waals surface area contributed by atoms with Crippen LogP contribution < -0.4 is 4.72 Å². The average molecular weight is 357 g/mol. The third-order valence-corrected chi connectivity index (χ3v) is 5.42. The van der Waals surface area contributed by atoms with E-state index in [1.807, 2.05) is 0 Å². The lowest BCUT2D eigenvalue weighted by Gasteiger charge is -2.07. The van der Waals surface area contributed by atoms with Crippen LogP contribution >= 0.6 is 11.8 Å². The summed E-state index contributed by atoms with van der Waals surface area (Å²) in [5.74, 6) is 0.190. The maximum Gasteiger partial charge on any atom is 0.215 e. The van der Waals surface area contributed by atoms with Crippen molar-refractivity contribution in [2.45, 2.75) is 11.5 Å². The molecule has 2 aromatic carbocycles. The number of hydrogen-bond acceptors (Lipinski definition) is 3. The molecule has 0 heterocycles. The Balaban J connectivity index is 1.72. The SMILES string of the molecule is O=S(=O)(Cc1ccc(F)cc1)NCCSCc1ccccc1F. The van der Waals surface area contributed by atoms with E-state index in [2.05, 4.69) is 4.72 Å². The molecule has 0 saturated heterocycles. The van der Waals surface area contributed by atoms with Gasteiger partial charge in [-0.05, 0) is 29.3 Å². The van der Waals surface area contributed by atoms with Crippen LogP contribution in [-0.4, -0.2) is 20.7 Å². The number of thioether (sulfide) groups is 1. The van der Waals surface area contributed by atoms with Gasteiger partial charge in [-0.1, -0.05) is 30.3 Å². The van der Waals surface area contributed by atoms with Crippen molar-refractivity contribution in [1.29, 1.82) is 0 Å². The van der Waals surface area contributed by atoms with Gasteiger partial charge in [-0.15, -0.1) is 0 Å². The highest BCUT2D eigenvalue weighted by Gasteiger charge is 2.11. The summed E-state index contributed by atoms with van der Waals surface area (Å²) in [5.41, 5.74) is 1.13. The van der Waals surface area contributed by atoms with Crippen molar-refractivity contribution in [2.24, 2.45) is 0 Å². The molecular weight excluding hydrogens is 340 g/mol. The molecule has 0 bridgehead atoms. The Labute approximate surface area is 139 Å². The minimum absolute atomic E-state index is 0.189. The molecule has 0 atom stereocenters. The van der Waals surface area contributed by atoms with Gasteiger partial charge in [-0.2, -0.15) is 11.8 Å². The maximum absolute atomic E-state index is 13.4. The molecule has 0 aromatic heterocycles. The van der Waals surface area contributed by atoms with Gasteiger partial charge in [0, 0.05) is 18.1 Å². The van der Waals surface area contributed by atoms with E-state index in [1.165, 1.54) is 42.1 Å². The first-order chi connectivity index (χ1) is 11.0. The minimum Gasteiger partial charge on any atom is -0.214 e.